The quantitative estimate of drug-likeness (QED) is 0.775. The number of H-pyrrole nitrogens is 1. The number of hydrogen-bond acceptors (Lipinski definition) is 4. The number of benzene rings is 1. The molecule has 0 saturated heterocycles. The van der Waals surface area contributed by atoms with Crippen molar-refractivity contribution in [2.45, 2.75) is 26.4 Å². The van der Waals surface area contributed by atoms with Crippen LogP contribution in [-0.2, 0) is 11.2 Å². The van der Waals surface area contributed by atoms with Crippen LogP contribution in [0.2, 0.25) is 0 Å². The summed E-state index contributed by atoms with van der Waals surface area (Å²) in [4.78, 5) is 12.5. The van der Waals surface area contributed by atoms with Gasteiger partial charge in [-0.05, 0) is 37.6 Å². The number of anilines is 1. The maximum absolute atomic E-state index is 12.5. The summed E-state index contributed by atoms with van der Waals surface area (Å²) in [6, 6.07) is 11.4. The molecule has 3 heterocycles. The molecule has 2 aromatic heterocycles. The highest BCUT2D eigenvalue weighted by atomic mass is 16.5. The Balaban J connectivity index is 1.50. The first-order valence-corrected chi connectivity index (χ1v) is 7.79. The molecule has 4 rings (SSSR count). The lowest BCUT2D eigenvalue weighted by atomic mass is 10.1. The summed E-state index contributed by atoms with van der Waals surface area (Å²) >= 11 is 0. The van der Waals surface area contributed by atoms with Crippen LogP contribution < -0.4 is 10.1 Å². The average Bonchev–Trinajstić information content (AvgIpc) is 3.27. The van der Waals surface area contributed by atoms with Crippen molar-refractivity contribution in [3.63, 3.8) is 0 Å². The lowest BCUT2D eigenvalue weighted by Crippen LogP contribution is -2.31. The molecule has 6 heteroatoms. The molecule has 1 atom stereocenters. The number of rotatable bonds is 3. The number of furan rings is 1. The van der Waals surface area contributed by atoms with Gasteiger partial charge in [0.25, 0.3) is 5.91 Å². The Morgan fingerprint density at radius 1 is 1.25 bits per heavy atom. The molecule has 0 fully saturated rings. The van der Waals surface area contributed by atoms with E-state index >= 15 is 0 Å². The summed E-state index contributed by atoms with van der Waals surface area (Å²) in [6.07, 6.45) is 0.0308. The number of amides is 1. The minimum absolute atomic E-state index is 0.206. The zero-order valence-electron chi connectivity index (χ0n) is 13.4. The van der Waals surface area contributed by atoms with Gasteiger partial charge in [0.15, 0.2) is 17.7 Å². The van der Waals surface area contributed by atoms with Crippen molar-refractivity contribution >= 4 is 11.7 Å². The Kier molecular flexibility index (Phi) is 3.37. The van der Waals surface area contributed by atoms with Crippen LogP contribution in [0.25, 0.3) is 11.5 Å². The van der Waals surface area contributed by atoms with Crippen LogP contribution in [0.3, 0.4) is 0 Å². The monoisotopic (exact) mass is 323 g/mol. The van der Waals surface area contributed by atoms with Gasteiger partial charge in [-0.3, -0.25) is 9.89 Å². The fourth-order valence-corrected chi connectivity index (χ4v) is 2.85. The van der Waals surface area contributed by atoms with Gasteiger partial charge in [0.1, 0.15) is 17.2 Å². The van der Waals surface area contributed by atoms with E-state index < -0.39 is 6.10 Å². The maximum atomic E-state index is 12.5. The van der Waals surface area contributed by atoms with E-state index in [1.807, 2.05) is 50.2 Å². The van der Waals surface area contributed by atoms with Crippen molar-refractivity contribution in [3.8, 4) is 17.2 Å². The molecule has 1 aliphatic rings. The van der Waals surface area contributed by atoms with Gasteiger partial charge in [0.05, 0.1) is 0 Å². The molecule has 0 spiro atoms. The lowest BCUT2D eigenvalue weighted by Gasteiger charge is -2.10. The van der Waals surface area contributed by atoms with Crippen LogP contribution >= 0.6 is 0 Å². The Hall–Kier alpha value is -3.02. The number of hydrogen-bond donors (Lipinski definition) is 2. The van der Waals surface area contributed by atoms with Crippen molar-refractivity contribution < 1.29 is 13.9 Å². The first-order chi connectivity index (χ1) is 11.6. The van der Waals surface area contributed by atoms with Crippen LogP contribution in [-0.4, -0.2) is 22.2 Å². The van der Waals surface area contributed by atoms with E-state index in [1.54, 1.807) is 0 Å². The second-order valence-electron chi connectivity index (χ2n) is 5.89. The number of para-hydroxylation sites is 1. The number of nitrogens with one attached hydrogen (secondary N) is 2. The summed E-state index contributed by atoms with van der Waals surface area (Å²) in [5.74, 6) is 2.57. The van der Waals surface area contributed by atoms with Crippen molar-refractivity contribution in [1.82, 2.24) is 10.2 Å². The number of carbonyl (C=O) groups is 1. The summed E-state index contributed by atoms with van der Waals surface area (Å²) in [7, 11) is 0. The highest BCUT2D eigenvalue weighted by molar-refractivity contribution is 5.95. The van der Waals surface area contributed by atoms with Gasteiger partial charge < -0.3 is 14.5 Å². The van der Waals surface area contributed by atoms with Crippen LogP contribution in [0.5, 0.6) is 5.75 Å². The second-order valence-corrected chi connectivity index (χ2v) is 5.89. The van der Waals surface area contributed by atoms with Gasteiger partial charge in [-0.2, -0.15) is 5.10 Å². The molecule has 1 amide bonds. The summed E-state index contributed by atoms with van der Waals surface area (Å²) in [6.45, 7) is 3.77. The third kappa shape index (κ3) is 2.46. The van der Waals surface area contributed by atoms with Crippen molar-refractivity contribution in [1.29, 1.82) is 0 Å². The SMILES string of the molecule is Cc1ccc(-c2[nH]nc(NC(=O)[C@@H]3Cc4ccccc4O3)c2C)o1. The normalized spacial score (nSPS) is 15.8. The van der Waals surface area contributed by atoms with Gasteiger partial charge in [0.2, 0.25) is 0 Å². The van der Waals surface area contributed by atoms with Crippen LogP contribution in [0.1, 0.15) is 16.9 Å². The summed E-state index contributed by atoms with van der Waals surface area (Å²) in [5, 5.41) is 9.94. The van der Waals surface area contributed by atoms with Gasteiger partial charge >= 0.3 is 0 Å². The number of aryl methyl sites for hydroxylation is 1. The number of ether oxygens (including phenoxy) is 1. The molecule has 0 saturated carbocycles. The number of carbonyl (C=O) groups excluding carboxylic acids is 1. The predicted molar refractivity (Wildman–Crippen MR) is 89.0 cm³/mol. The summed E-state index contributed by atoms with van der Waals surface area (Å²) in [5.41, 5.74) is 2.63. The lowest BCUT2D eigenvalue weighted by molar-refractivity contribution is -0.122. The first kappa shape index (κ1) is 14.6. The van der Waals surface area contributed by atoms with Crippen molar-refractivity contribution in [3.05, 3.63) is 53.3 Å². The third-order valence-corrected chi connectivity index (χ3v) is 4.18. The fraction of sp³-hybridized carbons (Fsp3) is 0.222. The van der Waals surface area contributed by atoms with E-state index in [-0.39, 0.29) is 5.91 Å². The zero-order chi connectivity index (χ0) is 16.7. The molecule has 0 radical (unpaired) electrons. The van der Waals surface area contributed by atoms with Crippen molar-refractivity contribution in [2.24, 2.45) is 0 Å². The molecule has 3 aromatic rings. The molecular weight excluding hydrogens is 306 g/mol. The minimum atomic E-state index is -0.534. The molecular formula is C18H17N3O3. The Labute approximate surface area is 138 Å². The molecule has 1 aliphatic heterocycles. The number of fused-ring (bicyclic) bond motifs is 1. The van der Waals surface area contributed by atoms with Crippen LogP contribution in [0, 0.1) is 13.8 Å². The highest BCUT2D eigenvalue weighted by Gasteiger charge is 2.29. The van der Waals surface area contributed by atoms with Crippen LogP contribution in [0.15, 0.2) is 40.8 Å². The largest absolute Gasteiger partial charge is 0.480 e. The smallest absolute Gasteiger partial charge is 0.267 e. The zero-order valence-corrected chi connectivity index (χ0v) is 13.4. The Bertz CT molecular complexity index is 885. The Morgan fingerprint density at radius 2 is 2.08 bits per heavy atom. The Morgan fingerprint density at radius 3 is 2.83 bits per heavy atom. The highest BCUT2D eigenvalue weighted by Crippen LogP contribution is 2.30. The molecule has 0 bridgehead atoms. The molecule has 6 nitrogen and oxygen atoms in total. The van der Waals surface area contributed by atoms with Crippen molar-refractivity contribution in [2.75, 3.05) is 5.32 Å². The van der Waals surface area contributed by atoms with E-state index in [2.05, 4.69) is 15.5 Å². The van der Waals surface area contributed by atoms with Gasteiger partial charge in [-0.1, -0.05) is 18.2 Å². The third-order valence-electron chi connectivity index (χ3n) is 4.18. The van der Waals surface area contributed by atoms with E-state index in [4.69, 9.17) is 9.15 Å². The van der Waals surface area contributed by atoms with E-state index in [1.165, 1.54) is 0 Å². The van der Waals surface area contributed by atoms with Gasteiger partial charge in [-0.15, -0.1) is 0 Å². The molecule has 122 valence electrons. The maximum Gasteiger partial charge on any atom is 0.267 e. The van der Waals surface area contributed by atoms with E-state index in [0.29, 0.717) is 18.0 Å². The molecule has 2 N–H and O–H groups in total. The standard InChI is InChI=1S/C18H17N3O3/c1-10-7-8-14(23-10)16-11(2)17(21-20-16)19-18(22)15-9-12-5-3-4-6-13(12)24-15/h3-8,15H,9H2,1-2H3,(H2,19,20,21,22)/t15-/m0/s1. The fourth-order valence-electron chi connectivity index (χ4n) is 2.85. The average molecular weight is 323 g/mol. The molecule has 1 aromatic carbocycles. The summed E-state index contributed by atoms with van der Waals surface area (Å²) < 4.78 is 11.3. The van der Waals surface area contributed by atoms with Gasteiger partial charge in [-0.25, -0.2) is 0 Å². The first-order valence-electron chi connectivity index (χ1n) is 7.79. The van der Waals surface area contributed by atoms with E-state index in [0.717, 1.165) is 28.3 Å². The van der Waals surface area contributed by atoms with Crippen LogP contribution in [0.4, 0.5) is 5.82 Å². The predicted octanol–water partition coefficient (Wildman–Crippen LogP) is 3.23. The minimum Gasteiger partial charge on any atom is -0.480 e. The second kappa shape index (κ2) is 5.56. The van der Waals surface area contributed by atoms with E-state index in [9.17, 15) is 4.79 Å². The topological polar surface area (TPSA) is 80.2 Å². The number of aromatic nitrogens is 2. The van der Waals surface area contributed by atoms with Gasteiger partial charge in [0, 0.05) is 12.0 Å². The number of aromatic amines is 1. The molecule has 0 unspecified atom stereocenters. The molecule has 24 heavy (non-hydrogen) atoms. The number of nitrogens with zero attached hydrogens (tertiary/aromatic N) is 1. The molecule has 0 aliphatic carbocycles.